The highest BCUT2D eigenvalue weighted by Gasteiger charge is 2.26. The number of carboxylic acid groups (broad SMARTS) is 2. The summed E-state index contributed by atoms with van der Waals surface area (Å²) in [5.74, 6) is -2.50. The SMILES string of the molecule is Cc1ccc(S(=O)(=O)N(CCC(=O)O)c2ccc(Cl)c(C(=O)O)c2)cc1. The Morgan fingerprint density at radius 2 is 1.69 bits per heavy atom. The summed E-state index contributed by atoms with van der Waals surface area (Å²) in [7, 11) is -4.09. The van der Waals surface area contributed by atoms with E-state index in [1.807, 2.05) is 0 Å². The molecule has 2 N–H and O–H groups in total. The molecule has 2 rings (SSSR count). The average Bonchev–Trinajstić information content (AvgIpc) is 2.56. The zero-order valence-corrected chi connectivity index (χ0v) is 15.3. The predicted octanol–water partition coefficient (Wildman–Crippen LogP) is 3.02. The van der Waals surface area contributed by atoms with Crippen molar-refractivity contribution in [1.29, 1.82) is 0 Å². The van der Waals surface area contributed by atoms with Gasteiger partial charge in [-0.2, -0.15) is 0 Å². The Labute approximate surface area is 155 Å². The Bertz CT molecular complexity index is 940. The standard InChI is InChI=1S/C17H16ClNO6S/c1-11-2-5-13(6-3-11)26(24,25)19(9-8-16(20)21)12-4-7-15(18)14(10-12)17(22)23/h2-7,10H,8-9H2,1H3,(H,20,21)(H,22,23). The third-order valence-electron chi connectivity index (χ3n) is 3.61. The van der Waals surface area contributed by atoms with E-state index in [4.69, 9.17) is 16.7 Å². The molecule has 0 heterocycles. The van der Waals surface area contributed by atoms with E-state index in [1.54, 1.807) is 19.1 Å². The molecule has 0 saturated heterocycles. The number of hydrogen-bond acceptors (Lipinski definition) is 4. The van der Waals surface area contributed by atoms with Gasteiger partial charge in [-0.25, -0.2) is 13.2 Å². The number of nitrogens with zero attached hydrogens (tertiary/aromatic N) is 1. The van der Waals surface area contributed by atoms with Gasteiger partial charge in [-0.05, 0) is 37.3 Å². The van der Waals surface area contributed by atoms with Crippen LogP contribution in [0.5, 0.6) is 0 Å². The second kappa shape index (κ2) is 7.76. The van der Waals surface area contributed by atoms with Gasteiger partial charge in [-0.15, -0.1) is 0 Å². The van der Waals surface area contributed by atoms with Gasteiger partial charge >= 0.3 is 11.9 Å². The van der Waals surface area contributed by atoms with Gasteiger partial charge in [0.05, 0.1) is 27.6 Å². The average molecular weight is 398 g/mol. The molecule has 0 saturated carbocycles. The molecular weight excluding hydrogens is 382 g/mol. The quantitative estimate of drug-likeness (QED) is 0.742. The van der Waals surface area contributed by atoms with Crippen molar-refractivity contribution >= 4 is 39.3 Å². The minimum Gasteiger partial charge on any atom is -0.481 e. The fraction of sp³-hybridized carbons (Fsp3) is 0.176. The lowest BCUT2D eigenvalue weighted by atomic mass is 10.2. The normalized spacial score (nSPS) is 11.2. The van der Waals surface area contributed by atoms with E-state index in [-0.39, 0.29) is 27.7 Å². The van der Waals surface area contributed by atoms with Crippen LogP contribution in [0, 0.1) is 6.92 Å². The van der Waals surface area contributed by atoms with Crippen LogP contribution in [0.1, 0.15) is 22.3 Å². The number of anilines is 1. The highest BCUT2D eigenvalue weighted by atomic mass is 35.5. The minimum absolute atomic E-state index is 0.0219. The number of aliphatic carboxylic acids is 1. The first kappa shape index (κ1) is 19.7. The number of carboxylic acids is 2. The van der Waals surface area contributed by atoms with Crippen LogP contribution in [0.4, 0.5) is 5.69 Å². The van der Waals surface area contributed by atoms with Crippen molar-refractivity contribution in [1.82, 2.24) is 0 Å². The van der Waals surface area contributed by atoms with Crippen LogP contribution in [-0.2, 0) is 14.8 Å². The molecule has 2 aromatic rings. The zero-order chi connectivity index (χ0) is 19.5. The van der Waals surface area contributed by atoms with Crippen LogP contribution in [0.15, 0.2) is 47.4 Å². The summed E-state index contributed by atoms with van der Waals surface area (Å²) in [4.78, 5) is 22.2. The number of rotatable bonds is 7. The molecule has 2 aromatic carbocycles. The van der Waals surface area contributed by atoms with Gasteiger partial charge in [0, 0.05) is 6.54 Å². The maximum Gasteiger partial charge on any atom is 0.337 e. The highest BCUT2D eigenvalue weighted by molar-refractivity contribution is 7.92. The zero-order valence-electron chi connectivity index (χ0n) is 13.7. The Morgan fingerprint density at radius 3 is 2.23 bits per heavy atom. The summed E-state index contributed by atoms with van der Waals surface area (Å²) in [6, 6.07) is 9.76. The van der Waals surface area contributed by atoms with Gasteiger partial charge in [0.15, 0.2) is 0 Å². The van der Waals surface area contributed by atoms with Crippen molar-refractivity contribution in [2.45, 2.75) is 18.2 Å². The second-order valence-corrected chi connectivity index (χ2v) is 7.77. The fourth-order valence-corrected chi connectivity index (χ4v) is 3.91. The van der Waals surface area contributed by atoms with E-state index >= 15 is 0 Å². The van der Waals surface area contributed by atoms with E-state index in [2.05, 4.69) is 0 Å². The molecule has 0 bridgehead atoms. The summed E-state index contributed by atoms with van der Waals surface area (Å²) in [5.41, 5.74) is 0.609. The van der Waals surface area contributed by atoms with Crippen molar-refractivity contribution in [3.05, 3.63) is 58.6 Å². The Morgan fingerprint density at radius 1 is 1.08 bits per heavy atom. The Balaban J connectivity index is 2.56. The topological polar surface area (TPSA) is 112 Å². The maximum absolute atomic E-state index is 13.0. The molecule has 0 spiro atoms. The number of carbonyl (C=O) groups is 2. The first-order chi connectivity index (χ1) is 12.1. The molecule has 0 fully saturated rings. The first-order valence-corrected chi connectivity index (χ1v) is 9.29. The smallest absolute Gasteiger partial charge is 0.337 e. The molecule has 0 aliphatic rings. The molecule has 0 aliphatic heterocycles. The van der Waals surface area contributed by atoms with E-state index in [0.29, 0.717) is 0 Å². The predicted molar refractivity (Wildman–Crippen MR) is 96.4 cm³/mol. The number of halogens is 1. The monoisotopic (exact) mass is 397 g/mol. The van der Waals surface area contributed by atoms with Crippen LogP contribution < -0.4 is 4.31 Å². The van der Waals surface area contributed by atoms with Gasteiger partial charge in [-0.3, -0.25) is 9.10 Å². The summed E-state index contributed by atoms with van der Waals surface area (Å²) in [5, 5.41) is 18.1. The highest BCUT2D eigenvalue weighted by Crippen LogP contribution is 2.28. The van der Waals surface area contributed by atoms with E-state index < -0.39 is 28.4 Å². The maximum atomic E-state index is 13.0. The van der Waals surface area contributed by atoms with Crippen LogP contribution in [0.25, 0.3) is 0 Å². The number of hydrogen-bond donors (Lipinski definition) is 2. The van der Waals surface area contributed by atoms with Gasteiger partial charge in [-0.1, -0.05) is 29.3 Å². The van der Waals surface area contributed by atoms with Gasteiger partial charge in [0.25, 0.3) is 10.0 Å². The molecule has 0 aromatic heterocycles. The number of aryl methyl sites for hydroxylation is 1. The second-order valence-electron chi connectivity index (χ2n) is 5.50. The van der Waals surface area contributed by atoms with Crippen LogP contribution >= 0.6 is 11.6 Å². The number of sulfonamides is 1. The number of aromatic carboxylic acids is 1. The largest absolute Gasteiger partial charge is 0.481 e. The van der Waals surface area contributed by atoms with Crippen LogP contribution in [-0.4, -0.2) is 37.1 Å². The van der Waals surface area contributed by atoms with Gasteiger partial charge in [0.1, 0.15) is 0 Å². The molecule has 138 valence electrons. The lowest BCUT2D eigenvalue weighted by Crippen LogP contribution is -2.33. The third kappa shape index (κ3) is 4.33. The van der Waals surface area contributed by atoms with Crippen LogP contribution in [0.3, 0.4) is 0 Å². The van der Waals surface area contributed by atoms with Crippen molar-refractivity contribution in [3.8, 4) is 0 Å². The van der Waals surface area contributed by atoms with E-state index in [9.17, 15) is 23.1 Å². The molecule has 26 heavy (non-hydrogen) atoms. The summed E-state index contributed by atoms with van der Waals surface area (Å²) >= 11 is 5.83. The lowest BCUT2D eigenvalue weighted by Gasteiger charge is -2.24. The van der Waals surface area contributed by atoms with Crippen molar-refractivity contribution in [2.24, 2.45) is 0 Å². The molecule has 7 nitrogen and oxygen atoms in total. The molecule has 0 amide bonds. The van der Waals surface area contributed by atoms with Crippen molar-refractivity contribution in [3.63, 3.8) is 0 Å². The van der Waals surface area contributed by atoms with Crippen LogP contribution in [0.2, 0.25) is 5.02 Å². The molecule has 0 unspecified atom stereocenters. The number of benzene rings is 2. The summed E-state index contributed by atoms with van der Waals surface area (Å²) < 4.78 is 26.8. The van der Waals surface area contributed by atoms with Gasteiger partial charge < -0.3 is 10.2 Å². The molecule has 0 atom stereocenters. The lowest BCUT2D eigenvalue weighted by molar-refractivity contribution is -0.136. The first-order valence-electron chi connectivity index (χ1n) is 7.47. The van der Waals surface area contributed by atoms with E-state index in [0.717, 1.165) is 15.9 Å². The Kier molecular flexibility index (Phi) is 5.89. The summed E-state index contributed by atoms with van der Waals surface area (Å²) in [6.07, 6.45) is -0.448. The fourth-order valence-electron chi connectivity index (χ4n) is 2.26. The Hall–Kier alpha value is -2.58. The molecule has 0 radical (unpaired) electrons. The summed E-state index contributed by atoms with van der Waals surface area (Å²) in [6.45, 7) is 1.45. The minimum atomic E-state index is -4.09. The molecule has 0 aliphatic carbocycles. The molecular formula is C17H16ClNO6S. The van der Waals surface area contributed by atoms with Crippen molar-refractivity contribution in [2.75, 3.05) is 10.8 Å². The van der Waals surface area contributed by atoms with Crippen molar-refractivity contribution < 1.29 is 28.2 Å². The van der Waals surface area contributed by atoms with E-state index in [1.165, 1.54) is 24.3 Å². The third-order valence-corrected chi connectivity index (χ3v) is 5.78. The van der Waals surface area contributed by atoms with Gasteiger partial charge in [0.2, 0.25) is 0 Å². The molecule has 9 heteroatoms.